The van der Waals surface area contributed by atoms with Crippen molar-refractivity contribution in [2.75, 3.05) is 13.2 Å². The highest BCUT2D eigenvalue weighted by Gasteiger charge is 2.38. The van der Waals surface area contributed by atoms with Crippen LogP contribution >= 0.6 is 47.0 Å². The smallest absolute Gasteiger partial charge is 0.190 e. The summed E-state index contributed by atoms with van der Waals surface area (Å²) in [6.45, 7) is 11.6. The third-order valence-electron chi connectivity index (χ3n) is 7.84. The number of carbonyl (C=O) groups excluding carboxylic acids is 2. The molecular weight excluding hydrogens is 637 g/mol. The van der Waals surface area contributed by atoms with Gasteiger partial charge in [-0.2, -0.15) is 0 Å². The van der Waals surface area contributed by atoms with E-state index in [9.17, 15) is 9.59 Å². The SMILES string of the molecule is CCCCC(CC)COc1c2c(c(OCCC)c3c1S/C(=C(\C)C(=O)c1ccccc1)S3)S/C(=C(\C)C(=O)c1ccccc1)S2. The van der Waals surface area contributed by atoms with E-state index in [0.29, 0.717) is 30.3 Å². The zero-order valence-corrected chi connectivity index (χ0v) is 29.8. The molecule has 0 N–H and O–H groups in total. The van der Waals surface area contributed by atoms with E-state index in [1.807, 2.05) is 74.5 Å². The van der Waals surface area contributed by atoms with Gasteiger partial charge in [-0.05, 0) is 32.6 Å². The molecule has 3 aromatic rings. The number of ketones is 2. The van der Waals surface area contributed by atoms with Crippen molar-refractivity contribution in [2.24, 2.45) is 5.92 Å². The second-order valence-corrected chi connectivity index (χ2v) is 15.8. The van der Waals surface area contributed by atoms with Crippen molar-refractivity contribution in [3.63, 3.8) is 0 Å². The first-order valence-corrected chi connectivity index (χ1v) is 19.0. The predicted octanol–water partition coefficient (Wildman–Crippen LogP) is 11.7. The number of fused-ring (bicyclic) bond motifs is 2. The van der Waals surface area contributed by atoms with Gasteiger partial charge in [0.15, 0.2) is 11.6 Å². The fourth-order valence-corrected chi connectivity index (χ4v) is 10.5. The van der Waals surface area contributed by atoms with Crippen LogP contribution in [0.5, 0.6) is 11.5 Å². The molecule has 0 aliphatic carbocycles. The van der Waals surface area contributed by atoms with Crippen molar-refractivity contribution in [3.8, 4) is 11.5 Å². The quantitative estimate of drug-likeness (QED) is 0.123. The van der Waals surface area contributed by atoms with Gasteiger partial charge in [-0.3, -0.25) is 9.59 Å². The number of Topliss-reactive ketones (excluding diaryl/α,β-unsaturated/α-hetero) is 2. The normalized spacial score (nSPS) is 16.6. The Labute approximate surface area is 284 Å². The van der Waals surface area contributed by atoms with Crippen molar-refractivity contribution in [1.29, 1.82) is 0 Å². The van der Waals surface area contributed by atoms with E-state index in [4.69, 9.17) is 9.47 Å². The van der Waals surface area contributed by atoms with Gasteiger partial charge in [-0.15, -0.1) is 0 Å². The first kappa shape index (κ1) is 33.8. The fraction of sp³-hybridized carbons (Fsp3) is 0.351. The van der Waals surface area contributed by atoms with Gasteiger partial charge < -0.3 is 9.47 Å². The molecule has 45 heavy (non-hydrogen) atoms. The Hall–Kier alpha value is -2.52. The van der Waals surface area contributed by atoms with Crippen molar-refractivity contribution in [2.45, 2.75) is 86.3 Å². The summed E-state index contributed by atoms with van der Waals surface area (Å²) >= 11 is 6.42. The number of thioether (sulfide) groups is 4. The number of ether oxygens (including phenoxy) is 2. The lowest BCUT2D eigenvalue weighted by Gasteiger charge is -2.20. The molecule has 0 amide bonds. The van der Waals surface area contributed by atoms with Gasteiger partial charge in [0.1, 0.15) is 11.5 Å². The lowest BCUT2D eigenvalue weighted by atomic mass is 10.0. The molecule has 2 aliphatic heterocycles. The molecule has 1 atom stereocenters. The van der Waals surface area contributed by atoms with Crippen molar-refractivity contribution in [1.82, 2.24) is 0 Å². The summed E-state index contributed by atoms with van der Waals surface area (Å²) in [5.74, 6) is 2.18. The Balaban J connectivity index is 1.59. The van der Waals surface area contributed by atoms with E-state index < -0.39 is 0 Å². The fourth-order valence-electron chi connectivity index (χ4n) is 5.07. The molecule has 0 bridgehead atoms. The second-order valence-electron chi connectivity index (χ2n) is 11.2. The van der Waals surface area contributed by atoms with Crippen LogP contribution in [0.4, 0.5) is 0 Å². The summed E-state index contributed by atoms with van der Waals surface area (Å²) < 4.78 is 15.2. The summed E-state index contributed by atoms with van der Waals surface area (Å²) in [6.07, 6.45) is 5.39. The Morgan fingerprint density at radius 3 is 1.49 bits per heavy atom. The maximum absolute atomic E-state index is 13.5. The highest BCUT2D eigenvalue weighted by atomic mass is 32.2. The average molecular weight is 677 g/mol. The molecule has 0 aromatic heterocycles. The maximum Gasteiger partial charge on any atom is 0.190 e. The molecule has 0 radical (unpaired) electrons. The summed E-state index contributed by atoms with van der Waals surface area (Å²) in [6, 6.07) is 18.9. The van der Waals surface area contributed by atoms with Gasteiger partial charge in [0.25, 0.3) is 0 Å². The molecule has 236 valence electrons. The lowest BCUT2D eigenvalue weighted by molar-refractivity contribution is 0.102. The number of unbranched alkanes of at least 4 members (excludes halogenated alkanes) is 1. The van der Waals surface area contributed by atoms with Crippen LogP contribution in [0.2, 0.25) is 0 Å². The third-order valence-corrected chi connectivity index (χ3v) is 13.4. The minimum Gasteiger partial charge on any atom is -0.491 e. The van der Waals surface area contributed by atoms with Crippen molar-refractivity contribution >= 4 is 58.6 Å². The second kappa shape index (κ2) is 15.9. The molecule has 0 saturated heterocycles. The van der Waals surface area contributed by atoms with Crippen LogP contribution in [0.15, 0.2) is 99.9 Å². The van der Waals surface area contributed by atoms with Crippen LogP contribution in [0, 0.1) is 5.92 Å². The van der Waals surface area contributed by atoms with Crippen LogP contribution in [-0.4, -0.2) is 24.8 Å². The van der Waals surface area contributed by atoms with Gasteiger partial charge in [-0.1, -0.05) is 148 Å². The Morgan fingerprint density at radius 2 is 1.09 bits per heavy atom. The third kappa shape index (κ3) is 7.56. The number of allylic oxidation sites excluding steroid dienone is 2. The number of hydrogen-bond donors (Lipinski definition) is 0. The molecule has 0 saturated carbocycles. The number of hydrogen-bond acceptors (Lipinski definition) is 8. The van der Waals surface area contributed by atoms with E-state index in [-0.39, 0.29) is 11.6 Å². The van der Waals surface area contributed by atoms with Crippen LogP contribution < -0.4 is 9.47 Å². The van der Waals surface area contributed by atoms with Gasteiger partial charge in [0, 0.05) is 22.3 Å². The average Bonchev–Trinajstić information content (AvgIpc) is 3.73. The van der Waals surface area contributed by atoms with Gasteiger partial charge in [-0.25, -0.2) is 0 Å². The molecule has 3 aromatic carbocycles. The summed E-state index contributed by atoms with van der Waals surface area (Å²) in [4.78, 5) is 31.0. The zero-order chi connectivity index (χ0) is 31.9. The highest BCUT2D eigenvalue weighted by molar-refractivity contribution is 8.26. The molecule has 0 fully saturated rings. The molecule has 2 heterocycles. The summed E-state index contributed by atoms with van der Waals surface area (Å²) in [5, 5.41) is 0. The predicted molar refractivity (Wildman–Crippen MR) is 191 cm³/mol. The number of rotatable bonds is 14. The monoisotopic (exact) mass is 676 g/mol. The van der Waals surface area contributed by atoms with Gasteiger partial charge in [0.2, 0.25) is 0 Å². The first-order chi connectivity index (χ1) is 21.9. The molecule has 8 heteroatoms. The largest absolute Gasteiger partial charge is 0.491 e. The molecule has 1 unspecified atom stereocenters. The maximum atomic E-state index is 13.5. The molecule has 4 nitrogen and oxygen atoms in total. The van der Waals surface area contributed by atoms with E-state index >= 15 is 0 Å². The van der Waals surface area contributed by atoms with E-state index in [2.05, 4.69) is 20.8 Å². The number of carbonyl (C=O) groups is 2. The number of benzene rings is 3. The first-order valence-electron chi connectivity index (χ1n) is 15.7. The van der Waals surface area contributed by atoms with Crippen LogP contribution in [0.3, 0.4) is 0 Å². The lowest BCUT2D eigenvalue weighted by Crippen LogP contribution is -2.12. The molecule has 2 aliphatic rings. The van der Waals surface area contributed by atoms with Crippen LogP contribution in [0.25, 0.3) is 0 Å². The minimum atomic E-state index is 0.0269. The van der Waals surface area contributed by atoms with Gasteiger partial charge >= 0.3 is 0 Å². The summed E-state index contributed by atoms with van der Waals surface area (Å²) in [7, 11) is 0. The van der Waals surface area contributed by atoms with E-state index in [0.717, 1.165) is 76.4 Å². The molecular formula is C37H40O4S4. The highest BCUT2D eigenvalue weighted by Crippen LogP contribution is 2.68. The van der Waals surface area contributed by atoms with Crippen LogP contribution in [-0.2, 0) is 0 Å². The Morgan fingerprint density at radius 1 is 0.644 bits per heavy atom. The Kier molecular flexibility index (Phi) is 11.9. The Bertz CT molecular complexity index is 1510. The van der Waals surface area contributed by atoms with Crippen LogP contribution in [0.1, 0.15) is 87.4 Å². The topological polar surface area (TPSA) is 52.6 Å². The molecule has 5 rings (SSSR count). The van der Waals surface area contributed by atoms with Crippen molar-refractivity contribution in [3.05, 3.63) is 91.4 Å². The zero-order valence-electron chi connectivity index (χ0n) is 26.6. The molecule has 0 spiro atoms. The van der Waals surface area contributed by atoms with E-state index in [1.54, 1.807) is 47.0 Å². The van der Waals surface area contributed by atoms with Crippen molar-refractivity contribution < 1.29 is 19.1 Å². The van der Waals surface area contributed by atoms with E-state index in [1.165, 1.54) is 6.42 Å². The standard InChI is InChI=1S/C37H40O4S4/c1-6-9-16-25(8-3)22-41-31-34-32(42-36(44-34)23(4)28(38)26-17-12-10-13-18-26)30(40-21-7-2)33-35(31)45-37(43-33)24(5)29(39)27-19-14-11-15-20-27/h10-15,17-20,25H,6-9,16,21-22H2,1-5H3/b36-23-,37-24+. The minimum absolute atomic E-state index is 0.0269. The van der Waals surface area contributed by atoms with Gasteiger partial charge in [0.05, 0.1) is 41.3 Å². The summed E-state index contributed by atoms with van der Waals surface area (Å²) in [5.41, 5.74) is 2.81.